The van der Waals surface area contributed by atoms with Gasteiger partial charge >= 0.3 is 0 Å². The van der Waals surface area contributed by atoms with Gasteiger partial charge in [0.2, 0.25) is 5.91 Å². The summed E-state index contributed by atoms with van der Waals surface area (Å²) in [6, 6.07) is 15.1. The molecule has 0 radical (unpaired) electrons. The summed E-state index contributed by atoms with van der Waals surface area (Å²) in [6.07, 6.45) is 1.44. The Morgan fingerprint density at radius 1 is 1.25 bits per heavy atom. The van der Waals surface area contributed by atoms with Crippen molar-refractivity contribution in [3.8, 4) is 5.75 Å². The van der Waals surface area contributed by atoms with Gasteiger partial charge in [-0.1, -0.05) is 34.1 Å². The van der Waals surface area contributed by atoms with E-state index in [-0.39, 0.29) is 11.7 Å². The molecule has 24 heavy (non-hydrogen) atoms. The number of nitrogens with one attached hydrogen (secondary N) is 1. The normalized spacial score (nSPS) is 17.0. The van der Waals surface area contributed by atoms with Crippen LogP contribution < -0.4 is 10.2 Å². The van der Waals surface area contributed by atoms with Crippen molar-refractivity contribution in [3.63, 3.8) is 0 Å². The highest BCUT2D eigenvalue weighted by Gasteiger charge is 2.23. The number of benzene rings is 2. The summed E-state index contributed by atoms with van der Waals surface area (Å²) in [5.41, 5.74) is 2.13. The van der Waals surface area contributed by atoms with Crippen LogP contribution in [-0.4, -0.2) is 30.6 Å². The van der Waals surface area contributed by atoms with E-state index < -0.39 is 0 Å². The van der Waals surface area contributed by atoms with E-state index in [1.165, 1.54) is 5.69 Å². The predicted octanol–water partition coefficient (Wildman–Crippen LogP) is 3.34. The van der Waals surface area contributed by atoms with Crippen molar-refractivity contribution in [2.45, 2.75) is 12.8 Å². The van der Waals surface area contributed by atoms with Crippen molar-refractivity contribution >= 4 is 27.5 Å². The van der Waals surface area contributed by atoms with Gasteiger partial charge in [-0.3, -0.25) is 4.79 Å². The van der Waals surface area contributed by atoms with Crippen LogP contribution in [0, 0.1) is 5.92 Å². The Morgan fingerprint density at radius 3 is 2.79 bits per heavy atom. The topological polar surface area (TPSA) is 52.6 Å². The molecule has 1 aliphatic heterocycles. The Hall–Kier alpha value is -2.01. The second-order valence-corrected chi connectivity index (χ2v) is 7.14. The van der Waals surface area contributed by atoms with E-state index in [9.17, 15) is 9.90 Å². The molecule has 1 saturated heterocycles. The molecule has 0 aliphatic carbocycles. The minimum absolute atomic E-state index is 0.0293. The molecule has 2 N–H and O–H groups in total. The third-order valence-corrected chi connectivity index (χ3v) is 4.84. The van der Waals surface area contributed by atoms with Crippen LogP contribution in [0.5, 0.6) is 5.75 Å². The number of anilines is 1. The third kappa shape index (κ3) is 4.51. The lowest BCUT2D eigenvalue weighted by atomic mass is 10.1. The van der Waals surface area contributed by atoms with Crippen LogP contribution in [0.3, 0.4) is 0 Å². The molecule has 2 aromatic rings. The first-order valence-corrected chi connectivity index (χ1v) is 8.94. The van der Waals surface area contributed by atoms with E-state index in [2.05, 4.69) is 38.3 Å². The maximum atomic E-state index is 12.1. The van der Waals surface area contributed by atoms with Crippen LogP contribution in [0.4, 0.5) is 5.69 Å². The zero-order valence-electron chi connectivity index (χ0n) is 13.4. The minimum Gasteiger partial charge on any atom is -0.508 e. The molecule has 1 aliphatic rings. The highest BCUT2D eigenvalue weighted by Crippen LogP contribution is 2.25. The first-order chi connectivity index (χ1) is 11.6. The van der Waals surface area contributed by atoms with Gasteiger partial charge in [0.15, 0.2) is 0 Å². The summed E-state index contributed by atoms with van der Waals surface area (Å²) in [7, 11) is 0. The zero-order chi connectivity index (χ0) is 16.9. The molecule has 1 fully saturated rings. The molecule has 1 heterocycles. The highest BCUT2D eigenvalue weighted by atomic mass is 79.9. The number of halogens is 1. The van der Waals surface area contributed by atoms with Crippen molar-refractivity contribution < 1.29 is 9.90 Å². The number of amides is 1. The lowest BCUT2D eigenvalue weighted by Gasteiger charge is -2.19. The smallest absolute Gasteiger partial charge is 0.224 e. The van der Waals surface area contributed by atoms with Gasteiger partial charge in [-0.2, -0.15) is 0 Å². The molecule has 1 atom stereocenters. The number of nitrogens with zero attached hydrogens (tertiary/aromatic N) is 1. The number of rotatable bonds is 5. The third-order valence-electron chi connectivity index (χ3n) is 4.35. The van der Waals surface area contributed by atoms with Crippen molar-refractivity contribution in [2.24, 2.45) is 5.92 Å². The lowest BCUT2D eigenvalue weighted by molar-refractivity contribution is -0.120. The first kappa shape index (κ1) is 16.8. The molecule has 4 nitrogen and oxygen atoms in total. The van der Waals surface area contributed by atoms with Gasteiger partial charge in [0.05, 0.1) is 6.42 Å². The van der Waals surface area contributed by atoms with Crippen LogP contribution in [-0.2, 0) is 11.2 Å². The van der Waals surface area contributed by atoms with Gasteiger partial charge in [-0.25, -0.2) is 0 Å². The van der Waals surface area contributed by atoms with Crippen LogP contribution in [0.25, 0.3) is 0 Å². The van der Waals surface area contributed by atoms with E-state index in [0.717, 1.165) is 29.5 Å². The van der Waals surface area contributed by atoms with Gasteiger partial charge in [-0.15, -0.1) is 0 Å². The number of phenolic OH excluding ortho intramolecular Hbond substituents is 1. The Morgan fingerprint density at radius 2 is 2.04 bits per heavy atom. The number of phenols is 1. The van der Waals surface area contributed by atoms with Crippen molar-refractivity contribution in [3.05, 3.63) is 58.6 Å². The lowest BCUT2D eigenvalue weighted by Crippen LogP contribution is -2.32. The number of carbonyl (C=O) groups is 1. The van der Waals surface area contributed by atoms with Crippen molar-refractivity contribution in [1.29, 1.82) is 0 Å². The van der Waals surface area contributed by atoms with Gasteiger partial charge < -0.3 is 15.3 Å². The predicted molar refractivity (Wildman–Crippen MR) is 99.3 cm³/mol. The molecular formula is C19H21BrN2O2. The maximum absolute atomic E-state index is 12.1. The quantitative estimate of drug-likeness (QED) is 0.825. The Labute approximate surface area is 150 Å². The van der Waals surface area contributed by atoms with Gasteiger partial charge in [0.1, 0.15) is 5.75 Å². The largest absolute Gasteiger partial charge is 0.508 e. The fourth-order valence-electron chi connectivity index (χ4n) is 3.03. The molecule has 0 spiro atoms. The summed E-state index contributed by atoms with van der Waals surface area (Å²) in [4.78, 5) is 14.4. The van der Waals surface area contributed by atoms with Gasteiger partial charge in [-0.05, 0) is 48.2 Å². The summed E-state index contributed by atoms with van der Waals surface area (Å²) in [5.74, 6) is 0.729. The van der Waals surface area contributed by atoms with Crippen LogP contribution in [0.15, 0.2) is 53.0 Å². The number of hydrogen-bond donors (Lipinski definition) is 2. The summed E-state index contributed by atoms with van der Waals surface area (Å²) in [6.45, 7) is 2.70. The SMILES string of the molecule is O=C(Cc1ccc(O)cc1)NCC1CCN(c2cccc(Br)c2)C1. The molecule has 5 heteroatoms. The summed E-state index contributed by atoms with van der Waals surface area (Å²) in [5, 5.41) is 12.3. The Bertz CT molecular complexity index is 703. The van der Waals surface area contributed by atoms with Gasteiger partial charge in [0, 0.05) is 29.8 Å². The van der Waals surface area contributed by atoms with E-state index in [1.54, 1.807) is 24.3 Å². The van der Waals surface area contributed by atoms with Crippen molar-refractivity contribution in [1.82, 2.24) is 5.32 Å². The average molecular weight is 389 g/mol. The molecular weight excluding hydrogens is 368 g/mol. The zero-order valence-corrected chi connectivity index (χ0v) is 15.0. The van der Waals surface area contributed by atoms with E-state index in [0.29, 0.717) is 18.9 Å². The second-order valence-electron chi connectivity index (χ2n) is 6.23. The van der Waals surface area contributed by atoms with E-state index in [4.69, 9.17) is 0 Å². The molecule has 1 unspecified atom stereocenters. The summed E-state index contributed by atoms with van der Waals surface area (Å²) < 4.78 is 1.09. The fraction of sp³-hybridized carbons (Fsp3) is 0.316. The van der Waals surface area contributed by atoms with Crippen LogP contribution >= 0.6 is 15.9 Å². The minimum atomic E-state index is 0.0293. The van der Waals surface area contributed by atoms with Gasteiger partial charge in [0.25, 0.3) is 0 Å². The standard InChI is InChI=1S/C19H21BrN2O2/c20-16-2-1-3-17(11-16)22-9-8-15(13-22)12-21-19(24)10-14-4-6-18(23)7-5-14/h1-7,11,15,23H,8-10,12-13H2,(H,21,24). The highest BCUT2D eigenvalue weighted by molar-refractivity contribution is 9.10. The Kier molecular flexibility index (Phi) is 5.41. The molecule has 0 aromatic heterocycles. The molecule has 1 amide bonds. The monoisotopic (exact) mass is 388 g/mol. The fourth-order valence-corrected chi connectivity index (χ4v) is 3.41. The van der Waals surface area contributed by atoms with Crippen LogP contribution in [0.2, 0.25) is 0 Å². The molecule has 0 bridgehead atoms. The van der Waals surface area contributed by atoms with Crippen LogP contribution in [0.1, 0.15) is 12.0 Å². The molecule has 3 rings (SSSR count). The van der Waals surface area contributed by atoms with E-state index >= 15 is 0 Å². The number of aromatic hydroxyl groups is 1. The first-order valence-electron chi connectivity index (χ1n) is 8.15. The second kappa shape index (κ2) is 7.71. The molecule has 2 aromatic carbocycles. The average Bonchev–Trinajstić information content (AvgIpc) is 3.04. The van der Waals surface area contributed by atoms with Crippen molar-refractivity contribution in [2.75, 3.05) is 24.5 Å². The maximum Gasteiger partial charge on any atom is 0.224 e. The summed E-state index contributed by atoms with van der Waals surface area (Å²) >= 11 is 3.51. The number of hydrogen-bond acceptors (Lipinski definition) is 3. The van der Waals surface area contributed by atoms with E-state index in [1.807, 2.05) is 12.1 Å². The molecule has 126 valence electrons. The molecule has 0 saturated carbocycles. The number of carbonyl (C=O) groups excluding carboxylic acids is 1. The Balaban J connectivity index is 1.45.